The summed E-state index contributed by atoms with van der Waals surface area (Å²) >= 11 is 5.74. The molecule has 18 heavy (non-hydrogen) atoms. The van der Waals surface area contributed by atoms with Crippen LogP contribution in [0.3, 0.4) is 0 Å². The molecule has 6 heteroatoms. The highest BCUT2D eigenvalue weighted by molar-refractivity contribution is 6.60. The van der Waals surface area contributed by atoms with E-state index in [-0.39, 0.29) is 5.46 Å². The van der Waals surface area contributed by atoms with Crippen LogP contribution in [0.5, 0.6) is 0 Å². The van der Waals surface area contributed by atoms with Crippen molar-refractivity contribution in [3.63, 3.8) is 0 Å². The Morgan fingerprint density at radius 3 is 2.33 bits per heavy atom. The Kier molecular flexibility index (Phi) is 4.44. The van der Waals surface area contributed by atoms with Crippen LogP contribution in [0.25, 0.3) is 0 Å². The lowest BCUT2D eigenvalue weighted by atomic mass is 9.76. The third-order valence-electron chi connectivity index (χ3n) is 3.10. The van der Waals surface area contributed by atoms with Gasteiger partial charge >= 0.3 is 7.12 Å². The standard InChI is InChI=1S/C12H17BClFO3/c1-11(2,16)12(3,4)18-13(17)9-7-8(14)5-6-10(9)15/h5-7,16-17H,1-4H3. The van der Waals surface area contributed by atoms with Gasteiger partial charge in [-0.3, -0.25) is 0 Å². The summed E-state index contributed by atoms with van der Waals surface area (Å²) < 4.78 is 18.9. The van der Waals surface area contributed by atoms with Crippen LogP contribution in [-0.4, -0.2) is 28.5 Å². The minimum absolute atomic E-state index is 0.0557. The van der Waals surface area contributed by atoms with Gasteiger partial charge in [0.1, 0.15) is 5.82 Å². The molecular formula is C12H17BClFO3. The van der Waals surface area contributed by atoms with E-state index in [0.717, 1.165) is 6.07 Å². The molecule has 0 aliphatic carbocycles. The Labute approximate surface area is 112 Å². The van der Waals surface area contributed by atoms with E-state index in [0.29, 0.717) is 5.02 Å². The first-order chi connectivity index (χ1) is 8.04. The molecule has 0 aromatic heterocycles. The van der Waals surface area contributed by atoms with Crippen LogP contribution >= 0.6 is 11.6 Å². The SMILES string of the molecule is CC(C)(O)C(C)(C)OB(O)c1cc(Cl)ccc1F. The number of halogens is 2. The van der Waals surface area contributed by atoms with Gasteiger partial charge in [-0.15, -0.1) is 0 Å². The Morgan fingerprint density at radius 2 is 1.83 bits per heavy atom. The molecule has 100 valence electrons. The molecule has 0 aliphatic rings. The molecule has 0 fully saturated rings. The summed E-state index contributed by atoms with van der Waals surface area (Å²) in [7, 11) is -1.50. The molecule has 0 saturated carbocycles. The fourth-order valence-corrected chi connectivity index (χ4v) is 1.37. The lowest BCUT2D eigenvalue weighted by molar-refractivity contribution is -0.0983. The number of benzene rings is 1. The molecule has 0 heterocycles. The van der Waals surface area contributed by atoms with E-state index in [1.165, 1.54) is 12.1 Å². The number of rotatable bonds is 4. The molecule has 0 amide bonds. The summed E-state index contributed by atoms with van der Waals surface area (Å²) in [5.41, 5.74) is -2.30. The second-order valence-corrected chi connectivity index (χ2v) is 5.64. The topological polar surface area (TPSA) is 49.7 Å². The molecule has 0 radical (unpaired) electrons. The molecule has 0 atom stereocenters. The average Bonchev–Trinajstić information content (AvgIpc) is 2.19. The van der Waals surface area contributed by atoms with Crippen LogP contribution in [-0.2, 0) is 4.65 Å². The van der Waals surface area contributed by atoms with Gasteiger partial charge in [-0.25, -0.2) is 4.39 Å². The summed E-state index contributed by atoms with van der Waals surface area (Å²) in [6, 6.07) is 3.83. The van der Waals surface area contributed by atoms with Crippen molar-refractivity contribution in [1.29, 1.82) is 0 Å². The molecule has 0 unspecified atom stereocenters. The maximum absolute atomic E-state index is 13.5. The van der Waals surface area contributed by atoms with Crippen LogP contribution in [0.4, 0.5) is 4.39 Å². The molecule has 1 aromatic carbocycles. The van der Waals surface area contributed by atoms with Crippen molar-refractivity contribution < 1.29 is 19.2 Å². The van der Waals surface area contributed by atoms with E-state index >= 15 is 0 Å². The van der Waals surface area contributed by atoms with Crippen molar-refractivity contribution in [2.24, 2.45) is 0 Å². The van der Waals surface area contributed by atoms with Crippen LogP contribution in [0, 0.1) is 5.82 Å². The highest BCUT2D eigenvalue weighted by Gasteiger charge is 2.40. The van der Waals surface area contributed by atoms with Crippen molar-refractivity contribution in [3.05, 3.63) is 29.0 Å². The van der Waals surface area contributed by atoms with Crippen LogP contribution in [0.2, 0.25) is 5.02 Å². The molecule has 0 spiro atoms. The van der Waals surface area contributed by atoms with Gasteiger partial charge in [-0.2, -0.15) is 0 Å². The molecular weight excluding hydrogens is 257 g/mol. The largest absolute Gasteiger partial charge is 0.494 e. The van der Waals surface area contributed by atoms with Crippen molar-refractivity contribution in [3.8, 4) is 0 Å². The highest BCUT2D eigenvalue weighted by atomic mass is 35.5. The quantitative estimate of drug-likeness (QED) is 0.822. The molecule has 0 bridgehead atoms. The Morgan fingerprint density at radius 1 is 1.28 bits per heavy atom. The third kappa shape index (κ3) is 3.45. The van der Waals surface area contributed by atoms with Gasteiger partial charge in [-0.05, 0) is 45.9 Å². The lowest BCUT2D eigenvalue weighted by Gasteiger charge is -2.38. The van der Waals surface area contributed by atoms with Crippen molar-refractivity contribution in [2.75, 3.05) is 0 Å². The molecule has 3 nitrogen and oxygen atoms in total. The summed E-state index contributed by atoms with van der Waals surface area (Å²) in [6.07, 6.45) is 0. The second kappa shape index (κ2) is 5.17. The van der Waals surface area contributed by atoms with Gasteiger partial charge in [-0.1, -0.05) is 11.6 Å². The van der Waals surface area contributed by atoms with E-state index in [9.17, 15) is 14.5 Å². The van der Waals surface area contributed by atoms with Crippen LogP contribution in [0.15, 0.2) is 18.2 Å². The monoisotopic (exact) mass is 274 g/mol. The van der Waals surface area contributed by atoms with Gasteiger partial charge < -0.3 is 14.8 Å². The smallest absolute Gasteiger partial charge is 0.423 e. The first-order valence-electron chi connectivity index (χ1n) is 5.58. The second-order valence-electron chi connectivity index (χ2n) is 5.21. The first-order valence-corrected chi connectivity index (χ1v) is 5.95. The average molecular weight is 275 g/mol. The fourth-order valence-electron chi connectivity index (χ4n) is 1.19. The Bertz CT molecular complexity index is 432. The normalized spacial score (nSPS) is 12.7. The zero-order valence-corrected chi connectivity index (χ0v) is 11.6. The third-order valence-corrected chi connectivity index (χ3v) is 3.34. The van der Waals surface area contributed by atoms with Gasteiger partial charge in [0.25, 0.3) is 0 Å². The maximum Gasteiger partial charge on any atom is 0.494 e. The van der Waals surface area contributed by atoms with E-state index in [1.807, 2.05) is 0 Å². The summed E-state index contributed by atoms with van der Waals surface area (Å²) in [6.45, 7) is 6.32. The van der Waals surface area contributed by atoms with Crippen LogP contribution < -0.4 is 5.46 Å². The van der Waals surface area contributed by atoms with Gasteiger partial charge in [0.15, 0.2) is 0 Å². The van der Waals surface area contributed by atoms with Crippen molar-refractivity contribution in [1.82, 2.24) is 0 Å². The fraction of sp³-hybridized carbons (Fsp3) is 0.500. The zero-order valence-electron chi connectivity index (χ0n) is 10.9. The summed E-state index contributed by atoms with van der Waals surface area (Å²) in [5, 5.41) is 20.1. The van der Waals surface area contributed by atoms with Crippen molar-refractivity contribution in [2.45, 2.75) is 38.9 Å². The number of hydrogen-bond donors (Lipinski definition) is 2. The van der Waals surface area contributed by atoms with Gasteiger partial charge in [0.2, 0.25) is 0 Å². The number of aliphatic hydroxyl groups is 1. The predicted molar refractivity (Wildman–Crippen MR) is 70.5 cm³/mol. The molecule has 0 saturated heterocycles. The highest BCUT2D eigenvalue weighted by Crippen LogP contribution is 2.25. The van der Waals surface area contributed by atoms with E-state index < -0.39 is 24.1 Å². The number of hydrogen-bond acceptors (Lipinski definition) is 3. The van der Waals surface area contributed by atoms with E-state index in [4.69, 9.17) is 16.3 Å². The Balaban J connectivity index is 2.95. The minimum Gasteiger partial charge on any atom is -0.423 e. The summed E-state index contributed by atoms with van der Waals surface area (Å²) in [4.78, 5) is 0. The first kappa shape index (κ1) is 15.4. The maximum atomic E-state index is 13.5. The lowest BCUT2D eigenvalue weighted by Crippen LogP contribution is -2.53. The van der Waals surface area contributed by atoms with E-state index in [2.05, 4.69) is 0 Å². The van der Waals surface area contributed by atoms with Crippen molar-refractivity contribution >= 4 is 24.2 Å². The minimum atomic E-state index is -1.50. The molecule has 0 aliphatic heterocycles. The molecule has 1 rings (SSSR count). The molecule has 1 aromatic rings. The van der Waals surface area contributed by atoms with Crippen LogP contribution in [0.1, 0.15) is 27.7 Å². The zero-order chi connectivity index (χ0) is 14.1. The van der Waals surface area contributed by atoms with Gasteiger partial charge in [0.05, 0.1) is 11.2 Å². The predicted octanol–water partition coefficient (Wildman–Crippen LogP) is 1.73. The van der Waals surface area contributed by atoms with E-state index in [1.54, 1.807) is 27.7 Å². The van der Waals surface area contributed by atoms with Gasteiger partial charge in [0, 0.05) is 10.5 Å². The molecule has 2 N–H and O–H groups in total. The summed E-state index contributed by atoms with van der Waals surface area (Å²) in [5.74, 6) is -0.613. The Hall–Kier alpha value is -0.615.